The topological polar surface area (TPSA) is 46.2 Å². The molecule has 1 aromatic rings. The van der Waals surface area contributed by atoms with Gasteiger partial charge in [-0.1, -0.05) is 20.8 Å². The van der Waals surface area contributed by atoms with E-state index in [1.54, 1.807) is 12.1 Å². The van der Waals surface area contributed by atoms with Crippen molar-refractivity contribution in [2.75, 3.05) is 5.32 Å². The molecule has 17 heavy (non-hydrogen) atoms. The zero-order valence-corrected chi connectivity index (χ0v) is 10.6. The number of hydrogen-bond acceptors (Lipinski definition) is 2. The molecule has 1 unspecified atom stereocenters. The zero-order valence-electron chi connectivity index (χ0n) is 10.6. The molecule has 0 spiro atoms. The maximum absolute atomic E-state index is 12.1. The second-order valence-electron chi connectivity index (χ2n) is 4.16. The fraction of sp³-hybridized carbons (Fsp3) is 0.429. The number of anilines is 1. The maximum atomic E-state index is 12.1. The van der Waals surface area contributed by atoms with Gasteiger partial charge < -0.3 is 5.32 Å². The second-order valence-corrected chi connectivity index (χ2v) is 4.16. The molecule has 0 heterocycles. The van der Waals surface area contributed by atoms with Crippen LogP contribution in [0.4, 0.5) is 5.69 Å². The van der Waals surface area contributed by atoms with Crippen molar-refractivity contribution in [1.82, 2.24) is 0 Å². The molecular weight excluding hydrogens is 214 g/mol. The van der Waals surface area contributed by atoms with E-state index in [0.29, 0.717) is 6.41 Å². The minimum absolute atomic E-state index is 0.0465. The first kappa shape index (κ1) is 13.4. The lowest BCUT2D eigenvalue weighted by Crippen LogP contribution is -2.13. The van der Waals surface area contributed by atoms with E-state index in [1.807, 2.05) is 26.8 Å². The van der Waals surface area contributed by atoms with Gasteiger partial charge in [0, 0.05) is 17.2 Å². The van der Waals surface area contributed by atoms with Gasteiger partial charge in [0.25, 0.3) is 0 Å². The van der Waals surface area contributed by atoms with Crippen LogP contribution in [0.3, 0.4) is 0 Å². The third kappa shape index (κ3) is 3.16. The first-order chi connectivity index (χ1) is 8.13. The molecule has 0 bridgehead atoms. The van der Waals surface area contributed by atoms with Crippen LogP contribution in [0, 0.1) is 5.92 Å². The van der Waals surface area contributed by atoms with Gasteiger partial charge in [-0.2, -0.15) is 0 Å². The van der Waals surface area contributed by atoms with Gasteiger partial charge >= 0.3 is 0 Å². The molecule has 0 aliphatic carbocycles. The Morgan fingerprint density at radius 1 is 1.41 bits per heavy atom. The third-order valence-corrected chi connectivity index (χ3v) is 3.04. The molecule has 0 fully saturated rings. The number of aryl methyl sites for hydroxylation is 1. The van der Waals surface area contributed by atoms with Gasteiger partial charge in [0.1, 0.15) is 0 Å². The number of rotatable bonds is 6. The van der Waals surface area contributed by atoms with Gasteiger partial charge in [-0.05, 0) is 36.6 Å². The number of nitrogens with one attached hydrogen (secondary N) is 1. The summed E-state index contributed by atoms with van der Waals surface area (Å²) < 4.78 is 0. The van der Waals surface area contributed by atoms with Crippen LogP contribution >= 0.6 is 0 Å². The van der Waals surface area contributed by atoms with Crippen molar-refractivity contribution in [3.63, 3.8) is 0 Å². The predicted octanol–water partition coefficient (Wildman–Crippen LogP) is 3.05. The first-order valence-electron chi connectivity index (χ1n) is 6.01. The molecule has 0 radical (unpaired) electrons. The summed E-state index contributed by atoms with van der Waals surface area (Å²) in [6.07, 6.45) is 2.27. The molecule has 1 amide bonds. The quantitative estimate of drug-likeness (QED) is 0.606. The highest BCUT2D eigenvalue weighted by Crippen LogP contribution is 2.20. The molecule has 1 rings (SSSR count). The van der Waals surface area contributed by atoms with Crippen molar-refractivity contribution >= 4 is 17.9 Å². The second kappa shape index (κ2) is 6.18. The zero-order chi connectivity index (χ0) is 12.8. The Hall–Kier alpha value is -1.64. The van der Waals surface area contributed by atoms with Gasteiger partial charge in [0.15, 0.2) is 5.78 Å². The van der Waals surface area contributed by atoms with Crippen LogP contribution in [0.1, 0.15) is 43.1 Å². The molecule has 0 saturated carbocycles. The molecule has 0 saturated heterocycles. The fourth-order valence-corrected chi connectivity index (χ4v) is 1.74. The Kier molecular flexibility index (Phi) is 4.88. The number of Topliss-reactive ketones (excluding diaryl/α,β-unsaturated/α-hetero) is 1. The fourth-order valence-electron chi connectivity index (χ4n) is 1.74. The number of carbonyl (C=O) groups excluding carboxylic acids is 2. The van der Waals surface area contributed by atoms with E-state index >= 15 is 0 Å². The number of ketones is 1. The highest BCUT2D eigenvalue weighted by molar-refractivity contribution is 5.99. The number of benzene rings is 1. The normalized spacial score (nSPS) is 11.9. The smallest absolute Gasteiger partial charge is 0.211 e. The highest BCUT2D eigenvalue weighted by atomic mass is 16.1. The van der Waals surface area contributed by atoms with Crippen molar-refractivity contribution in [1.29, 1.82) is 0 Å². The molecule has 0 aliphatic heterocycles. The lowest BCUT2D eigenvalue weighted by Gasteiger charge is -2.12. The molecule has 1 N–H and O–H groups in total. The first-order valence-corrected chi connectivity index (χ1v) is 6.01. The predicted molar refractivity (Wildman–Crippen MR) is 69.3 cm³/mol. The minimum Gasteiger partial charge on any atom is -0.329 e. The van der Waals surface area contributed by atoms with E-state index in [2.05, 4.69) is 5.32 Å². The van der Waals surface area contributed by atoms with E-state index in [1.165, 1.54) is 0 Å². The van der Waals surface area contributed by atoms with E-state index in [9.17, 15) is 9.59 Å². The van der Waals surface area contributed by atoms with Gasteiger partial charge in [-0.3, -0.25) is 9.59 Å². The number of hydrogen-bond donors (Lipinski definition) is 1. The Bertz CT molecular complexity index is 413. The average Bonchev–Trinajstić information content (AvgIpc) is 2.37. The molecule has 0 aliphatic rings. The summed E-state index contributed by atoms with van der Waals surface area (Å²) in [6, 6.07) is 5.44. The van der Waals surface area contributed by atoms with Crippen molar-refractivity contribution in [2.24, 2.45) is 5.92 Å². The molecule has 3 heteroatoms. The summed E-state index contributed by atoms with van der Waals surface area (Å²) >= 11 is 0. The summed E-state index contributed by atoms with van der Waals surface area (Å²) in [7, 11) is 0. The Morgan fingerprint density at radius 2 is 2.12 bits per heavy atom. The van der Waals surface area contributed by atoms with E-state index in [-0.39, 0.29) is 11.7 Å². The Labute approximate surface area is 102 Å². The van der Waals surface area contributed by atoms with Crippen molar-refractivity contribution < 1.29 is 9.59 Å². The van der Waals surface area contributed by atoms with Gasteiger partial charge in [0.05, 0.1) is 0 Å². The third-order valence-electron chi connectivity index (χ3n) is 3.04. The molecule has 0 aromatic heterocycles. The van der Waals surface area contributed by atoms with Gasteiger partial charge in [0.2, 0.25) is 6.41 Å². The van der Waals surface area contributed by atoms with Crippen LogP contribution in [0.5, 0.6) is 0 Å². The Balaban J connectivity index is 3.07. The van der Waals surface area contributed by atoms with Crippen molar-refractivity contribution in [3.8, 4) is 0 Å². The van der Waals surface area contributed by atoms with Crippen LogP contribution in [-0.2, 0) is 11.2 Å². The lowest BCUT2D eigenvalue weighted by atomic mass is 9.92. The van der Waals surface area contributed by atoms with Crippen LogP contribution in [0.25, 0.3) is 0 Å². The van der Waals surface area contributed by atoms with Gasteiger partial charge in [-0.25, -0.2) is 0 Å². The number of amides is 1. The van der Waals surface area contributed by atoms with Crippen LogP contribution < -0.4 is 5.32 Å². The largest absolute Gasteiger partial charge is 0.329 e. The number of carbonyl (C=O) groups is 2. The Morgan fingerprint density at radius 3 is 2.65 bits per heavy atom. The monoisotopic (exact) mass is 233 g/mol. The van der Waals surface area contributed by atoms with E-state index < -0.39 is 0 Å². The summed E-state index contributed by atoms with van der Waals surface area (Å²) in [5.41, 5.74) is 2.50. The van der Waals surface area contributed by atoms with Gasteiger partial charge in [-0.15, -0.1) is 0 Å². The SMILES string of the molecule is CCc1cc(NC=O)ccc1C(=O)C(C)CC. The van der Waals surface area contributed by atoms with Crippen molar-refractivity contribution in [2.45, 2.75) is 33.6 Å². The molecular formula is C14H19NO2. The summed E-state index contributed by atoms with van der Waals surface area (Å²) in [4.78, 5) is 22.5. The van der Waals surface area contributed by atoms with E-state index in [4.69, 9.17) is 0 Å². The minimum atomic E-state index is 0.0465. The standard InChI is InChI=1S/C14H19NO2/c1-4-10(3)14(17)13-7-6-12(15-9-16)8-11(13)5-2/h6-10H,4-5H2,1-3H3,(H,15,16). The summed E-state index contributed by atoms with van der Waals surface area (Å²) in [5.74, 6) is 0.229. The maximum Gasteiger partial charge on any atom is 0.211 e. The molecule has 1 atom stereocenters. The van der Waals surface area contributed by atoms with Crippen molar-refractivity contribution in [3.05, 3.63) is 29.3 Å². The lowest BCUT2D eigenvalue weighted by molar-refractivity contribution is -0.105. The molecule has 92 valence electrons. The average molecular weight is 233 g/mol. The van der Waals surface area contributed by atoms with E-state index in [0.717, 1.165) is 29.7 Å². The summed E-state index contributed by atoms with van der Waals surface area (Å²) in [5, 5.41) is 2.60. The molecule has 1 aromatic carbocycles. The highest BCUT2D eigenvalue weighted by Gasteiger charge is 2.16. The summed E-state index contributed by atoms with van der Waals surface area (Å²) in [6.45, 7) is 5.96. The van der Waals surface area contributed by atoms with Crippen LogP contribution in [-0.4, -0.2) is 12.2 Å². The van der Waals surface area contributed by atoms with Crippen LogP contribution in [0.2, 0.25) is 0 Å². The molecule has 3 nitrogen and oxygen atoms in total. The van der Waals surface area contributed by atoms with Crippen LogP contribution in [0.15, 0.2) is 18.2 Å².